The predicted molar refractivity (Wildman–Crippen MR) is 80.1 cm³/mol. The quantitative estimate of drug-likeness (QED) is 0.272. The molecule has 0 aromatic carbocycles. The number of rotatable bonds is 12. The van der Waals surface area contributed by atoms with E-state index in [-0.39, 0.29) is 24.0 Å². The van der Waals surface area contributed by atoms with E-state index in [1.807, 2.05) is 0 Å². The lowest BCUT2D eigenvalue weighted by Crippen LogP contribution is -3.00. The fourth-order valence-corrected chi connectivity index (χ4v) is 4.36. The Morgan fingerprint density at radius 2 is 0.778 bits per heavy atom. The summed E-state index contributed by atoms with van der Waals surface area (Å²) in [7, 11) is -1.56. The van der Waals surface area contributed by atoms with E-state index in [1.54, 1.807) is 0 Å². The van der Waals surface area contributed by atoms with Crippen LogP contribution >= 0.6 is 7.87 Å². The van der Waals surface area contributed by atoms with E-state index in [2.05, 4.69) is 48.0 Å². The van der Waals surface area contributed by atoms with Crippen LogP contribution in [0.1, 0.15) is 53.4 Å². The Bertz CT molecular complexity index is 135. The Labute approximate surface area is 131 Å². The third kappa shape index (κ3) is 9.87. The third-order valence-electron chi connectivity index (χ3n) is 2.40. The zero-order valence-electron chi connectivity index (χ0n) is 12.5. The standard InChI is InChI=1S/C12H32N4P.HI/c1-5-9-13-17(14-10-6-2,15-11-7-3)16-12-8-4;/h13-16H,5-12H2,1-4H3;1H/q+1;/p-1. The van der Waals surface area contributed by atoms with Crippen molar-refractivity contribution in [1.82, 2.24) is 20.3 Å². The van der Waals surface area contributed by atoms with Gasteiger partial charge in [-0.05, 0) is 25.7 Å². The second-order valence-corrected chi connectivity index (χ2v) is 6.91. The van der Waals surface area contributed by atoms with Gasteiger partial charge in [0.1, 0.15) is 0 Å². The minimum absolute atomic E-state index is 0. The van der Waals surface area contributed by atoms with Crippen LogP contribution in [0.4, 0.5) is 0 Å². The Hall–Kier alpha value is 1.00. The summed E-state index contributed by atoms with van der Waals surface area (Å²) >= 11 is 0. The van der Waals surface area contributed by atoms with Gasteiger partial charge in [0.2, 0.25) is 0 Å². The second kappa shape index (κ2) is 14.4. The van der Waals surface area contributed by atoms with E-state index in [0.717, 1.165) is 51.9 Å². The highest BCUT2D eigenvalue weighted by Gasteiger charge is 2.36. The maximum atomic E-state index is 3.67. The molecule has 0 bridgehead atoms. The molecule has 0 aromatic heterocycles. The van der Waals surface area contributed by atoms with Crippen molar-refractivity contribution < 1.29 is 24.0 Å². The van der Waals surface area contributed by atoms with Crippen LogP contribution in [0.2, 0.25) is 0 Å². The number of nitrogens with one attached hydrogen (secondary N) is 4. The molecule has 0 aliphatic heterocycles. The summed E-state index contributed by atoms with van der Waals surface area (Å²) in [4.78, 5) is 0. The summed E-state index contributed by atoms with van der Waals surface area (Å²) in [5, 5.41) is 14.7. The molecule has 0 aromatic rings. The third-order valence-corrected chi connectivity index (χ3v) is 5.19. The molecule has 6 heteroatoms. The minimum Gasteiger partial charge on any atom is -1.00 e. The van der Waals surface area contributed by atoms with Crippen molar-refractivity contribution in [2.24, 2.45) is 0 Å². The van der Waals surface area contributed by atoms with Crippen molar-refractivity contribution in [2.75, 3.05) is 26.2 Å². The van der Waals surface area contributed by atoms with Crippen LogP contribution in [0.25, 0.3) is 0 Å². The summed E-state index contributed by atoms with van der Waals surface area (Å²) in [6.07, 6.45) is 4.66. The Morgan fingerprint density at radius 1 is 0.556 bits per heavy atom. The monoisotopic (exact) mass is 390 g/mol. The highest BCUT2D eigenvalue weighted by atomic mass is 127. The lowest BCUT2D eigenvalue weighted by molar-refractivity contribution is -0.00000432. The average molecular weight is 390 g/mol. The molecule has 4 nitrogen and oxygen atoms in total. The highest BCUT2D eigenvalue weighted by Crippen LogP contribution is 2.40. The van der Waals surface area contributed by atoms with Gasteiger partial charge in [-0.1, -0.05) is 27.7 Å². The van der Waals surface area contributed by atoms with Gasteiger partial charge in [0.25, 0.3) is 7.87 Å². The van der Waals surface area contributed by atoms with Gasteiger partial charge in [-0.3, -0.25) is 0 Å². The second-order valence-electron chi connectivity index (χ2n) is 4.30. The van der Waals surface area contributed by atoms with Gasteiger partial charge in [0.15, 0.2) is 0 Å². The van der Waals surface area contributed by atoms with E-state index in [1.165, 1.54) is 0 Å². The number of hydrogen-bond donors (Lipinski definition) is 4. The molecule has 0 rings (SSSR count). The van der Waals surface area contributed by atoms with Crippen LogP contribution in [-0.4, -0.2) is 26.2 Å². The van der Waals surface area contributed by atoms with Gasteiger partial charge in [-0.2, -0.15) is 0 Å². The Kier molecular flexibility index (Phi) is 17.1. The number of hydrogen-bond acceptors (Lipinski definition) is 4. The molecule has 0 amide bonds. The van der Waals surface area contributed by atoms with Gasteiger partial charge < -0.3 is 24.0 Å². The molecule has 0 radical (unpaired) electrons. The average Bonchev–Trinajstić information content (AvgIpc) is 2.37. The molecule has 0 fully saturated rings. The summed E-state index contributed by atoms with van der Waals surface area (Å²) in [5.74, 6) is 0. The van der Waals surface area contributed by atoms with Crippen molar-refractivity contribution in [3.8, 4) is 0 Å². The van der Waals surface area contributed by atoms with E-state index >= 15 is 0 Å². The van der Waals surface area contributed by atoms with Crippen LogP contribution in [0.3, 0.4) is 0 Å². The lowest BCUT2D eigenvalue weighted by Gasteiger charge is -2.27. The van der Waals surface area contributed by atoms with Gasteiger partial charge >= 0.3 is 0 Å². The van der Waals surface area contributed by atoms with Crippen LogP contribution in [0.15, 0.2) is 0 Å². The first kappa shape index (κ1) is 21.3. The normalized spacial score (nSPS) is 11.3. The van der Waals surface area contributed by atoms with Gasteiger partial charge in [0, 0.05) is 26.2 Å². The summed E-state index contributed by atoms with van der Waals surface area (Å²) in [6, 6.07) is 0. The van der Waals surface area contributed by atoms with Crippen LogP contribution < -0.4 is 44.3 Å². The maximum absolute atomic E-state index is 3.67. The first-order valence-electron chi connectivity index (χ1n) is 7.14. The van der Waals surface area contributed by atoms with Crippen LogP contribution in [0.5, 0.6) is 0 Å². The zero-order chi connectivity index (χ0) is 13.0. The molecule has 0 heterocycles. The van der Waals surface area contributed by atoms with E-state index in [0.29, 0.717) is 0 Å². The molecule has 4 N–H and O–H groups in total. The van der Waals surface area contributed by atoms with Crippen molar-refractivity contribution in [3.63, 3.8) is 0 Å². The van der Waals surface area contributed by atoms with Gasteiger partial charge in [-0.15, -0.1) is 20.3 Å². The lowest BCUT2D eigenvalue weighted by atomic mass is 10.5. The smallest absolute Gasteiger partial charge is 0.298 e. The molecule has 112 valence electrons. The maximum Gasteiger partial charge on any atom is 0.298 e. The number of halogens is 1. The van der Waals surface area contributed by atoms with Crippen LogP contribution in [-0.2, 0) is 0 Å². The largest absolute Gasteiger partial charge is 1.00 e. The van der Waals surface area contributed by atoms with Crippen molar-refractivity contribution >= 4 is 7.87 Å². The predicted octanol–water partition coefficient (Wildman–Crippen LogP) is -0.334. The molecule has 0 saturated carbocycles. The van der Waals surface area contributed by atoms with E-state index in [9.17, 15) is 0 Å². The summed E-state index contributed by atoms with van der Waals surface area (Å²) < 4.78 is 0. The molecular weight excluding hydrogens is 358 g/mol. The Morgan fingerprint density at radius 3 is 0.944 bits per heavy atom. The minimum atomic E-state index is -1.56. The van der Waals surface area contributed by atoms with Crippen molar-refractivity contribution in [2.45, 2.75) is 53.4 Å². The molecule has 18 heavy (non-hydrogen) atoms. The molecule has 0 aliphatic rings. The summed E-state index contributed by atoms with van der Waals surface area (Å²) in [5.41, 5.74) is 0. The molecular formula is C12H32IN4P. The first-order valence-corrected chi connectivity index (χ1v) is 8.93. The van der Waals surface area contributed by atoms with Crippen molar-refractivity contribution in [1.29, 1.82) is 0 Å². The highest BCUT2D eigenvalue weighted by molar-refractivity contribution is 7.68. The molecule has 0 spiro atoms. The Balaban J connectivity index is 0. The molecule has 0 saturated heterocycles. The molecule has 0 unspecified atom stereocenters. The molecule has 0 aliphatic carbocycles. The SMILES string of the molecule is CCCN[P+](NCCC)(NCCC)NCCC.[I-]. The zero-order valence-corrected chi connectivity index (χ0v) is 15.5. The van der Waals surface area contributed by atoms with Gasteiger partial charge in [0.05, 0.1) is 0 Å². The van der Waals surface area contributed by atoms with E-state index < -0.39 is 7.87 Å². The first-order chi connectivity index (χ1) is 8.24. The van der Waals surface area contributed by atoms with Crippen molar-refractivity contribution in [3.05, 3.63) is 0 Å². The topological polar surface area (TPSA) is 48.1 Å². The van der Waals surface area contributed by atoms with E-state index in [4.69, 9.17) is 0 Å². The fraction of sp³-hybridized carbons (Fsp3) is 1.00. The van der Waals surface area contributed by atoms with Gasteiger partial charge in [-0.25, -0.2) is 0 Å². The van der Waals surface area contributed by atoms with Crippen LogP contribution in [0, 0.1) is 0 Å². The molecule has 0 atom stereocenters. The summed E-state index contributed by atoms with van der Waals surface area (Å²) in [6.45, 7) is 13.1. The fourth-order valence-electron chi connectivity index (χ4n) is 1.45.